The van der Waals surface area contributed by atoms with Crippen molar-refractivity contribution in [3.63, 3.8) is 0 Å². The molecule has 1 heterocycles. The lowest BCUT2D eigenvalue weighted by Gasteiger charge is -2.38. The molecule has 5 nitrogen and oxygen atoms in total. The number of alkyl halides is 1. The van der Waals surface area contributed by atoms with E-state index in [9.17, 15) is 9.18 Å². The summed E-state index contributed by atoms with van der Waals surface area (Å²) >= 11 is 0. The molecule has 0 amide bonds. The van der Waals surface area contributed by atoms with Gasteiger partial charge in [-0.15, -0.1) is 0 Å². The first-order valence-electron chi connectivity index (χ1n) is 10.3. The minimum atomic E-state index is -1.89. The number of esters is 1. The molecule has 162 valence electrons. The lowest BCUT2D eigenvalue weighted by atomic mass is 9.79. The van der Waals surface area contributed by atoms with Gasteiger partial charge in [0.05, 0.1) is 12.0 Å². The normalized spacial score (nSPS) is 13.3. The largest absolute Gasteiger partial charge is 0.443 e. The molecule has 0 saturated carbocycles. The Balaban J connectivity index is 1.87. The molecule has 1 unspecified atom stereocenters. The van der Waals surface area contributed by atoms with Gasteiger partial charge in [0.15, 0.2) is 5.60 Å². The van der Waals surface area contributed by atoms with Gasteiger partial charge in [0, 0.05) is 29.3 Å². The number of nitrogens with two attached hydrogens (primary N) is 1. The summed E-state index contributed by atoms with van der Waals surface area (Å²) in [6.07, 6.45) is 2.95. The van der Waals surface area contributed by atoms with Crippen LogP contribution >= 0.6 is 0 Å². The van der Waals surface area contributed by atoms with E-state index < -0.39 is 23.8 Å². The molecular formula is C26H24FN3O2. The maximum absolute atomic E-state index is 14.2. The number of imidazole rings is 1. The Morgan fingerprint density at radius 3 is 1.72 bits per heavy atom. The molecule has 0 saturated heterocycles. The summed E-state index contributed by atoms with van der Waals surface area (Å²) in [5.74, 6) is -0.848. The van der Waals surface area contributed by atoms with Crippen molar-refractivity contribution in [3.8, 4) is 0 Å². The van der Waals surface area contributed by atoms with Crippen molar-refractivity contribution in [1.82, 2.24) is 9.97 Å². The number of hydrogen-bond donors (Lipinski definition) is 2. The maximum Gasteiger partial charge on any atom is 0.330 e. The maximum atomic E-state index is 14.2. The monoisotopic (exact) mass is 429 g/mol. The van der Waals surface area contributed by atoms with Crippen LogP contribution in [0.4, 0.5) is 4.39 Å². The summed E-state index contributed by atoms with van der Waals surface area (Å²) in [7, 11) is 0. The van der Waals surface area contributed by atoms with Crippen LogP contribution in [-0.2, 0) is 21.6 Å². The number of halogens is 1. The molecule has 0 fully saturated rings. The Morgan fingerprint density at radius 1 is 0.875 bits per heavy atom. The fourth-order valence-electron chi connectivity index (χ4n) is 3.82. The van der Waals surface area contributed by atoms with Crippen molar-refractivity contribution in [2.24, 2.45) is 5.73 Å². The highest BCUT2D eigenvalue weighted by Crippen LogP contribution is 2.41. The van der Waals surface area contributed by atoms with Gasteiger partial charge in [0.25, 0.3) is 0 Å². The summed E-state index contributed by atoms with van der Waals surface area (Å²) in [6.45, 7) is -1.09. The Morgan fingerprint density at radius 2 is 1.34 bits per heavy atom. The highest BCUT2D eigenvalue weighted by molar-refractivity contribution is 5.82. The number of hydrogen-bond acceptors (Lipinski definition) is 4. The average molecular weight is 429 g/mol. The van der Waals surface area contributed by atoms with Gasteiger partial charge < -0.3 is 15.5 Å². The van der Waals surface area contributed by atoms with E-state index in [1.54, 1.807) is 6.20 Å². The number of aromatic amines is 1. The van der Waals surface area contributed by atoms with Crippen LogP contribution in [0.25, 0.3) is 0 Å². The summed E-state index contributed by atoms with van der Waals surface area (Å²) in [5.41, 5.74) is 5.73. The molecule has 0 aliphatic carbocycles. The van der Waals surface area contributed by atoms with Crippen molar-refractivity contribution in [3.05, 3.63) is 126 Å². The van der Waals surface area contributed by atoms with Gasteiger partial charge >= 0.3 is 5.97 Å². The van der Waals surface area contributed by atoms with Crippen LogP contribution in [0.5, 0.6) is 0 Å². The first-order chi connectivity index (χ1) is 15.6. The second-order valence-corrected chi connectivity index (χ2v) is 7.70. The highest BCUT2D eigenvalue weighted by Gasteiger charge is 2.46. The number of benzene rings is 3. The number of carbonyl (C=O) groups excluding carboxylic acids is 1. The molecule has 32 heavy (non-hydrogen) atoms. The lowest BCUT2D eigenvalue weighted by molar-refractivity contribution is -0.161. The molecule has 1 aromatic heterocycles. The number of nitrogens with one attached hydrogen (secondary N) is 1. The van der Waals surface area contributed by atoms with Crippen LogP contribution in [0.1, 0.15) is 22.4 Å². The predicted molar refractivity (Wildman–Crippen MR) is 120 cm³/mol. The van der Waals surface area contributed by atoms with E-state index in [1.807, 2.05) is 91.0 Å². The van der Waals surface area contributed by atoms with E-state index in [-0.39, 0.29) is 6.42 Å². The molecule has 3 N–H and O–H groups in total. The third kappa shape index (κ3) is 4.05. The Kier molecular flexibility index (Phi) is 6.14. The van der Waals surface area contributed by atoms with Gasteiger partial charge in [-0.2, -0.15) is 0 Å². The first kappa shape index (κ1) is 21.5. The summed E-state index contributed by atoms with van der Waals surface area (Å²) < 4.78 is 20.5. The fraction of sp³-hybridized carbons (Fsp3) is 0.154. The number of rotatable bonds is 8. The summed E-state index contributed by atoms with van der Waals surface area (Å²) in [6, 6.07) is 28.2. The quantitative estimate of drug-likeness (QED) is 0.326. The Labute approximate surface area is 186 Å². The van der Waals surface area contributed by atoms with E-state index in [0.29, 0.717) is 5.69 Å². The standard InChI is InChI=1S/C26H24FN3O2/c27-18-25(28,16-23-17-29-19-30-23)24(31)32-26(20-10-4-1-5-11-20,21-12-6-2-7-13-21)22-14-8-3-9-15-22/h1-15,17,19H,16,18,28H2,(H,29,30). The fourth-order valence-corrected chi connectivity index (χ4v) is 3.82. The molecule has 4 aromatic rings. The third-order valence-corrected chi connectivity index (χ3v) is 5.48. The van der Waals surface area contributed by atoms with Gasteiger partial charge in [0.1, 0.15) is 12.2 Å². The van der Waals surface area contributed by atoms with Gasteiger partial charge in [-0.05, 0) is 0 Å². The van der Waals surface area contributed by atoms with Crippen molar-refractivity contribution in [1.29, 1.82) is 0 Å². The van der Waals surface area contributed by atoms with Crippen LogP contribution in [0.2, 0.25) is 0 Å². The minimum Gasteiger partial charge on any atom is -0.443 e. The van der Waals surface area contributed by atoms with Gasteiger partial charge in [-0.3, -0.25) is 0 Å². The molecule has 6 heteroatoms. The van der Waals surface area contributed by atoms with E-state index in [1.165, 1.54) is 6.33 Å². The molecule has 0 radical (unpaired) electrons. The van der Waals surface area contributed by atoms with Crippen LogP contribution in [-0.4, -0.2) is 28.2 Å². The number of ether oxygens (including phenoxy) is 1. The summed E-state index contributed by atoms with van der Waals surface area (Å²) in [5, 5.41) is 0. The average Bonchev–Trinajstić information content (AvgIpc) is 3.36. The molecule has 3 aromatic carbocycles. The van der Waals surface area contributed by atoms with Gasteiger partial charge in [-0.1, -0.05) is 91.0 Å². The molecule has 1 atom stereocenters. The van der Waals surface area contributed by atoms with Crippen molar-refractivity contribution >= 4 is 5.97 Å². The van der Waals surface area contributed by atoms with Crippen molar-refractivity contribution in [2.45, 2.75) is 17.6 Å². The topological polar surface area (TPSA) is 81.0 Å². The smallest absolute Gasteiger partial charge is 0.330 e. The zero-order valence-electron chi connectivity index (χ0n) is 17.4. The molecule has 0 aliphatic heterocycles. The van der Waals surface area contributed by atoms with Gasteiger partial charge in [0.2, 0.25) is 0 Å². The lowest BCUT2D eigenvalue weighted by Crippen LogP contribution is -2.55. The third-order valence-electron chi connectivity index (χ3n) is 5.48. The Hall–Kier alpha value is -3.77. The summed E-state index contributed by atoms with van der Waals surface area (Å²) in [4.78, 5) is 20.4. The van der Waals surface area contributed by atoms with Crippen LogP contribution in [0.15, 0.2) is 104 Å². The SMILES string of the molecule is NC(CF)(Cc1c[nH]cn1)C(=O)OC(c1ccccc1)(c1ccccc1)c1ccccc1. The predicted octanol–water partition coefficient (Wildman–Crippen LogP) is 4.15. The number of H-pyrrole nitrogens is 1. The molecule has 0 spiro atoms. The molecule has 4 rings (SSSR count). The molecule has 0 aliphatic rings. The van der Waals surface area contributed by atoms with E-state index >= 15 is 0 Å². The van der Waals surface area contributed by atoms with E-state index in [0.717, 1.165) is 16.7 Å². The Bertz CT molecular complexity index is 1040. The zero-order chi connectivity index (χ0) is 22.4. The second-order valence-electron chi connectivity index (χ2n) is 7.70. The van der Waals surface area contributed by atoms with Crippen LogP contribution < -0.4 is 5.73 Å². The zero-order valence-corrected chi connectivity index (χ0v) is 17.4. The van der Waals surface area contributed by atoms with Crippen molar-refractivity contribution < 1.29 is 13.9 Å². The van der Waals surface area contributed by atoms with E-state index in [2.05, 4.69) is 9.97 Å². The second kappa shape index (κ2) is 9.16. The molecular weight excluding hydrogens is 405 g/mol. The number of nitrogens with zero attached hydrogens (tertiary/aromatic N) is 1. The first-order valence-corrected chi connectivity index (χ1v) is 10.3. The minimum absolute atomic E-state index is 0.0969. The highest BCUT2D eigenvalue weighted by atomic mass is 19.1. The molecule has 0 bridgehead atoms. The van der Waals surface area contributed by atoms with Crippen LogP contribution in [0, 0.1) is 0 Å². The van der Waals surface area contributed by atoms with Crippen molar-refractivity contribution in [2.75, 3.05) is 6.67 Å². The van der Waals surface area contributed by atoms with Gasteiger partial charge in [-0.25, -0.2) is 14.2 Å². The van der Waals surface area contributed by atoms with E-state index in [4.69, 9.17) is 10.5 Å². The van der Waals surface area contributed by atoms with Crippen LogP contribution in [0.3, 0.4) is 0 Å². The number of carbonyl (C=O) groups is 1. The number of aromatic nitrogens is 2.